The summed E-state index contributed by atoms with van der Waals surface area (Å²) in [6.07, 6.45) is 2.03. The average Bonchev–Trinajstić information content (AvgIpc) is 3.03. The van der Waals surface area contributed by atoms with Crippen LogP contribution in [0.15, 0.2) is 39.5 Å². The first-order valence-corrected chi connectivity index (χ1v) is 10.3. The number of thiazole rings is 1. The van der Waals surface area contributed by atoms with Gasteiger partial charge in [-0.05, 0) is 39.0 Å². The Morgan fingerprint density at radius 2 is 1.52 bits per heavy atom. The van der Waals surface area contributed by atoms with Gasteiger partial charge in [0.15, 0.2) is 0 Å². The molecule has 0 unspecified atom stereocenters. The van der Waals surface area contributed by atoms with Gasteiger partial charge in [0.05, 0.1) is 10.7 Å². The lowest BCUT2D eigenvalue weighted by Gasteiger charge is -1.98. The molecule has 2 rings (SSSR count). The summed E-state index contributed by atoms with van der Waals surface area (Å²) in [5, 5.41) is 3.20. The van der Waals surface area contributed by atoms with E-state index < -0.39 is 0 Å². The summed E-state index contributed by atoms with van der Waals surface area (Å²) in [6.45, 7) is 19.5. The first-order valence-electron chi connectivity index (χ1n) is 8.16. The van der Waals surface area contributed by atoms with Crippen molar-refractivity contribution in [1.29, 1.82) is 0 Å². The predicted octanol–water partition coefficient (Wildman–Crippen LogP) is 7.58. The Labute approximate surface area is 152 Å². The Kier molecular flexibility index (Phi) is 24.3. The average molecular weight is 355 g/mol. The molecule has 0 aliphatic carbocycles. The molecule has 0 saturated heterocycles. The number of hydrogen-bond acceptors (Lipinski definition) is 4. The van der Waals surface area contributed by atoms with E-state index in [1.807, 2.05) is 85.9 Å². The van der Waals surface area contributed by atoms with Gasteiger partial charge >= 0.3 is 0 Å². The van der Waals surface area contributed by atoms with Crippen LogP contribution in [0.1, 0.15) is 52.2 Å². The number of aliphatic imine (C=N–C) groups is 1. The zero-order chi connectivity index (χ0) is 18.7. The van der Waals surface area contributed by atoms with Crippen molar-refractivity contribution in [2.75, 3.05) is 6.26 Å². The SMILES string of the molecule is C=Nc1ccccc1SC.CC.CC.CC.Cc1csc(C)n1. The number of aromatic nitrogens is 1. The lowest BCUT2D eigenvalue weighted by molar-refractivity contribution is 1.20. The maximum absolute atomic E-state index is 4.13. The van der Waals surface area contributed by atoms with Gasteiger partial charge in [0.2, 0.25) is 0 Å². The summed E-state index contributed by atoms with van der Waals surface area (Å²) in [7, 11) is 0. The molecule has 0 aliphatic rings. The third-order valence-electron chi connectivity index (χ3n) is 1.99. The third-order valence-corrected chi connectivity index (χ3v) is 3.67. The highest BCUT2D eigenvalue weighted by molar-refractivity contribution is 7.98. The van der Waals surface area contributed by atoms with Crippen molar-refractivity contribution in [2.45, 2.75) is 60.3 Å². The summed E-state index contributed by atoms with van der Waals surface area (Å²) in [6, 6.07) is 7.96. The second kappa shape index (κ2) is 20.9. The molecule has 0 N–H and O–H groups in total. The van der Waals surface area contributed by atoms with E-state index in [0.29, 0.717) is 0 Å². The minimum absolute atomic E-state index is 0.968. The molecule has 0 fully saturated rings. The number of hydrogen-bond donors (Lipinski definition) is 0. The fraction of sp³-hybridized carbons (Fsp3) is 0.474. The van der Waals surface area contributed by atoms with Crippen LogP contribution in [-0.4, -0.2) is 18.0 Å². The van der Waals surface area contributed by atoms with E-state index in [0.717, 1.165) is 16.4 Å². The molecule has 1 aromatic heterocycles. The Hall–Kier alpha value is -1.13. The third kappa shape index (κ3) is 14.2. The zero-order valence-electron chi connectivity index (χ0n) is 16.3. The van der Waals surface area contributed by atoms with Gasteiger partial charge in [0.25, 0.3) is 0 Å². The Morgan fingerprint density at radius 1 is 1.00 bits per heavy atom. The van der Waals surface area contributed by atoms with Crippen LogP contribution >= 0.6 is 23.1 Å². The van der Waals surface area contributed by atoms with Gasteiger partial charge in [0.1, 0.15) is 0 Å². The highest BCUT2D eigenvalue weighted by Gasteiger charge is 1.94. The van der Waals surface area contributed by atoms with Gasteiger partial charge in [-0.2, -0.15) is 0 Å². The van der Waals surface area contributed by atoms with Crippen molar-refractivity contribution in [2.24, 2.45) is 4.99 Å². The first-order chi connectivity index (χ1) is 11.2. The molecular formula is C19H34N2S2. The van der Waals surface area contributed by atoms with E-state index in [1.165, 1.54) is 4.90 Å². The van der Waals surface area contributed by atoms with E-state index in [-0.39, 0.29) is 0 Å². The second-order valence-electron chi connectivity index (χ2n) is 3.34. The minimum atomic E-state index is 0.968. The molecule has 0 radical (unpaired) electrons. The number of aryl methyl sites for hydroxylation is 2. The Bertz CT molecular complexity index is 463. The van der Waals surface area contributed by atoms with Crippen LogP contribution in [0, 0.1) is 13.8 Å². The van der Waals surface area contributed by atoms with Crippen LogP contribution in [0.3, 0.4) is 0 Å². The summed E-state index contributed by atoms with van der Waals surface area (Å²) < 4.78 is 0. The van der Waals surface area contributed by atoms with Crippen molar-refractivity contribution < 1.29 is 0 Å². The first kappa shape index (κ1) is 26.8. The minimum Gasteiger partial charge on any atom is -0.263 e. The highest BCUT2D eigenvalue weighted by atomic mass is 32.2. The lowest BCUT2D eigenvalue weighted by atomic mass is 10.3. The molecule has 4 heteroatoms. The van der Waals surface area contributed by atoms with Crippen LogP contribution in [0.2, 0.25) is 0 Å². The van der Waals surface area contributed by atoms with Gasteiger partial charge in [0, 0.05) is 16.0 Å². The molecule has 0 atom stereocenters. The van der Waals surface area contributed by atoms with Gasteiger partial charge in [-0.3, -0.25) is 4.99 Å². The molecule has 0 aliphatic heterocycles. The van der Waals surface area contributed by atoms with E-state index in [1.54, 1.807) is 23.1 Å². The smallest absolute Gasteiger partial charge is 0.0897 e. The molecule has 1 aromatic carbocycles. The number of nitrogens with zero attached hydrogens (tertiary/aromatic N) is 2. The van der Waals surface area contributed by atoms with Crippen molar-refractivity contribution in [3.8, 4) is 0 Å². The van der Waals surface area contributed by atoms with Crippen molar-refractivity contribution in [3.63, 3.8) is 0 Å². The molecule has 2 aromatic rings. The largest absolute Gasteiger partial charge is 0.263 e. The maximum atomic E-state index is 4.13. The van der Waals surface area contributed by atoms with E-state index in [9.17, 15) is 0 Å². The van der Waals surface area contributed by atoms with Crippen LogP contribution in [-0.2, 0) is 0 Å². The molecule has 2 nitrogen and oxygen atoms in total. The van der Waals surface area contributed by atoms with Crippen molar-refractivity contribution in [3.05, 3.63) is 40.3 Å². The molecule has 0 bridgehead atoms. The van der Waals surface area contributed by atoms with E-state index in [4.69, 9.17) is 0 Å². The maximum Gasteiger partial charge on any atom is 0.0897 e. The molecule has 0 amide bonds. The Morgan fingerprint density at radius 3 is 1.78 bits per heavy atom. The highest BCUT2D eigenvalue weighted by Crippen LogP contribution is 2.26. The molecular weight excluding hydrogens is 320 g/mol. The standard InChI is InChI=1S/C8H9NS.C5H7NS.3C2H6/c1-9-7-5-3-4-6-8(7)10-2;1-4-3-7-5(2)6-4;3*1-2/h3-6H,1H2,2H3;3H,1-2H3;3*1-2H3. The van der Waals surface area contributed by atoms with Gasteiger partial charge in [-0.15, -0.1) is 23.1 Å². The van der Waals surface area contributed by atoms with Gasteiger partial charge < -0.3 is 0 Å². The number of para-hydroxylation sites is 1. The number of thioether (sulfide) groups is 1. The van der Waals surface area contributed by atoms with Gasteiger partial charge in [-0.25, -0.2) is 4.98 Å². The Balaban J connectivity index is -0.000000270. The topological polar surface area (TPSA) is 25.2 Å². The summed E-state index contributed by atoms with van der Waals surface area (Å²) in [5.41, 5.74) is 2.09. The normalized spacial score (nSPS) is 7.70. The number of rotatable bonds is 2. The van der Waals surface area contributed by atoms with Crippen molar-refractivity contribution in [1.82, 2.24) is 4.98 Å². The summed E-state index contributed by atoms with van der Waals surface area (Å²) in [4.78, 5) is 9.18. The van der Waals surface area contributed by atoms with Crippen LogP contribution in [0.25, 0.3) is 0 Å². The lowest BCUT2D eigenvalue weighted by Crippen LogP contribution is -1.68. The van der Waals surface area contributed by atoms with Crippen LogP contribution < -0.4 is 0 Å². The number of benzene rings is 1. The molecule has 0 saturated carbocycles. The fourth-order valence-corrected chi connectivity index (χ4v) is 2.38. The fourth-order valence-electron chi connectivity index (χ4n) is 1.23. The summed E-state index contributed by atoms with van der Waals surface area (Å²) >= 11 is 3.38. The van der Waals surface area contributed by atoms with Gasteiger partial charge in [-0.1, -0.05) is 53.7 Å². The molecule has 0 spiro atoms. The molecule has 1 heterocycles. The van der Waals surface area contributed by atoms with E-state index >= 15 is 0 Å². The quantitative estimate of drug-likeness (QED) is 0.410. The van der Waals surface area contributed by atoms with Crippen LogP contribution in [0.5, 0.6) is 0 Å². The van der Waals surface area contributed by atoms with E-state index in [2.05, 4.69) is 22.1 Å². The monoisotopic (exact) mass is 354 g/mol. The van der Waals surface area contributed by atoms with Crippen molar-refractivity contribution >= 4 is 35.5 Å². The zero-order valence-corrected chi connectivity index (χ0v) is 17.9. The molecule has 132 valence electrons. The van der Waals surface area contributed by atoms with Crippen LogP contribution in [0.4, 0.5) is 5.69 Å². The predicted molar refractivity (Wildman–Crippen MR) is 113 cm³/mol. The second-order valence-corrected chi connectivity index (χ2v) is 5.25. The molecule has 23 heavy (non-hydrogen) atoms. The summed E-state index contributed by atoms with van der Waals surface area (Å²) in [5.74, 6) is 0.